The molecule has 0 aliphatic carbocycles. The molecule has 40 heavy (non-hydrogen) atoms. The molecule has 0 aliphatic heterocycles. The third-order valence-electron chi connectivity index (χ3n) is 6.66. The molecular weight excluding hydrogens is 667 g/mol. The van der Waals surface area contributed by atoms with Crippen LogP contribution in [0.4, 0.5) is 0 Å². The summed E-state index contributed by atoms with van der Waals surface area (Å²) < 4.78 is 0.980. The number of hydrogen-bond acceptors (Lipinski definition) is 0. The van der Waals surface area contributed by atoms with Crippen molar-refractivity contribution in [2.24, 2.45) is 0 Å². The van der Waals surface area contributed by atoms with Crippen molar-refractivity contribution in [2.75, 3.05) is 14.1 Å². The monoisotopic (exact) mass is 706 g/mol. The molecule has 4 heteroatoms. The summed E-state index contributed by atoms with van der Waals surface area (Å²) in [4.78, 5) is 0. The Hall–Kier alpha value is -2.77. The average Bonchev–Trinajstić information content (AvgIpc) is 2.96. The highest BCUT2D eigenvalue weighted by Crippen LogP contribution is 2.18. The SMILES string of the molecule is C[N+](C)(Cc1ccccc1)Cc1ccccc1.[Br-].[I-].c1ccc(C[NH2+]C(c2ccccc2)c2ccccc2)cc1. The minimum Gasteiger partial charge on any atom is -1.00 e. The second-order valence-electron chi connectivity index (χ2n) is 10.4. The second kappa shape index (κ2) is 17.8. The predicted molar refractivity (Wildman–Crippen MR) is 159 cm³/mol. The van der Waals surface area contributed by atoms with Crippen molar-refractivity contribution >= 4 is 0 Å². The number of rotatable bonds is 9. The molecule has 2 nitrogen and oxygen atoms in total. The standard InChI is InChI=1S/C20H19N.C16H20N.BrH.HI/c1-4-10-17(11-5-1)16-21-20(18-12-6-2-7-13-18)19-14-8-3-9-15-19;1-17(2,13-15-9-5-3-6-10-15)14-16-11-7-4-8-12-16;;/h1-15,20-21H,16H2;3-12H,13-14H2,1-2H3;2*1H/q;+1;;/p-1. The lowest BCUT2D eigenvalue weighted by Gasteiger charge is -2.30. The van der Waals surface area contributed by atoms with Gasteiger partial charge in [-0.05, 0) is 0 Å². The fourth-order valence-corrected chi connectivity index (χ4v) is 4.86. The molecule has 0 heterocycles. The van der Waals surface area contributed by atoms with Crippen molar-refractivity contribution < 1.29 is 50.8 Å². The first-order valence-corrected chi connectivity index (χ1v) is 13.5. The lowest BCUT2D eigenvalue weighted by Crippen LogP contribution is -3.00. The number of quaternary nitrogens is 2. The summed E-state index contributed by atoms with van der Waals surface area (Å²) >= 11 is 0. The zero-order chi connectivity index (χ0) is 26.5. The summed E-state index contributed by atoms with van der Waals surface area (Å²) in [6, 6.07) is 53.8. The molecule has 0 atom stereocenters. The van der Waals surface area contributed by atoms with Gasteiger partial charge in [-0.1, -0.05) is 152 Å². The van der Waals surface area contributed by atoms with Gasteiger partial charge in [-0.2, -0.15) is 0 Å². The van der Waals surface area contributed by atoms with Gasteiger partial charge in [-0.3, -0.25) is 0 Å². The Balaban J connectivity index is 0.000000272. The normalized spacial score (nSPS) is 10.5. The van der Waals surface area contributed by atoms with Crippen LogP contribution in [0.5, 0.6) is 0 Å². The van der Waals surface area contributed by atoms with Gasteiger partial charge in [-0.25, -0.2) is 0 Å². The Morgan fingerprint density at radius 3 is 1.12 bits per heavy atom. The summed E-state index contributed by atoms with van der Waals surface area (Å²) in [7, 11) is 4.56. The molecule has 0 saturated heterocycles. The van der Waals surface area contributed by atoms with Crippen LogP contribution in [0.15, 0.2) is 152 Å². The van der Waals surface area contributed by atoms with Crippen molar-refractivity contribution in [1.29, 1.82) is 0 Å². The van der Waals surface area contributed by atoms with Gasteiger partial charge >= 0.3 is 0 Å². The van der Waals surface area contributed by atoms with Crippen LogP contribution >= 0.6 is 0 Å². The Morgan fingerprint density at radius 2 is 0.775 bits per heavy atom. The van der Waals surface area contributed by atoms with Crippen LogP contribution < -0.4 is 46.3 Å². The maximum Gasteiger partial charge on any atom is 0.138 e. The Bertz CT molecular complexity index is 1230. The molecule has 0 fully saturated rings. The molecule has 0 amide bonds. The van der Waals surface area contributed by atoms with Crippen LogP contribution in [0, 0.1) is 0 Å². The molecular formula is C36H40BrIN2. The van der Waals surface area contributed by atoms with Crippen LogP contribution in [-0.2, 0) is 19.6 Å². The van der Waals surface area contributed by atoms with E-state index in [0.717, 1.165) is 24.1 Å². The molecule has 5 aromatic rings. The van der Waals surface area contributed by atoms with E-state index in [4.69, 9.17) is 0 Å². The number of halogens is 2. The lowest BCUT2D eigenvalue weighted by atomic mass is 9.98. The molecule has 5 aromatic carbocycles. The summed E-state index contributed by atoms with van der Waals surface area (Å²) in [5, 5.41) is 2.40. The van der Waals surface area contributed by atoms with Gasteiger partial charge in [0.1, 0.15) is 25.7 Å². The predicted octanol–water partition coefficient (Wildman–Crippen LogP) is 1.01. The highest BCUT2D eigenvalue weighted by atomic mass is 127. The van der Waals surface area contributed by atoms with E-state index in [-0.39, 0.29) is 41.0 Å². The maximum absolute atomic E-state index is 2.40. The quantitative estimate of drug-likeness (QED) is 0.174. The lowest BCUT2D eigenvalue weighted by molar-refractivity contribution is -0.916. The molecule has 0 bridgehead atoms. The molecule has 208 valence electrons. The first kappa shape index (κ1) is 33.4. The van der Waals surface area contributed by atoms with Crippen LogP contribution in [0.3, 0.4) is 0 Å². The molecule has 0 saturated carbocycles. The Labute approximate surface area is 268 Å². The van der Waals surface area contributed by atoms with Crippen LogP contribution in [0.25, 0.3) is 0 Å². The summed E-state index contributed by atoms with van der Waals surface area (Å²) in [6.07, 6.45) is 0. The van der Waals surface area contributed by atoms with Crippen LogP contribution in [-0.4, -0.2) is 18.6 Å². The van der Waals surface area contributed by atoms with Gasteiger partial charge < -0.3 is 50.8 Å². The second-order valence-corrected chi connectivity index (χ2v) is 10.4. The minimum atomic E-state index is 0. The van der Waals surface area contributed by atoms with Gasteiger partial charge in [0.25, 0.3) is 0 Å². The Morgan fingerprint density at radius 1 is 0.475 bits per heavy atom. The topological polar surface area (TPSA) is 16.6 Å². The van der Waals surface area contributed by atoms with Gasteiger partial charge in [0, 0.05) is 27.8 Å². The van der Waals surface area contributed by atoms with Crippen molar-refractivity contribution in [1.82, 2.24) is 0 Å². The molecule has 2 N–H and O–H groups in total. The summed E-state index contributed by atoms with van der Waals surface area (Å²) in [6.45, 7) is 3.11. The van der Waals surface area contributed by atoms with E-state index in [0.29, 0.717) is 6.04 Å². The molecule has 0 aliphatic rings. The molecule has 0 unspecified atom stereocenters. The fraction of sp³-hybridized carbons (Fsp3) is 0.167. The molecule has 0 aromatic heterocycles. The van der Waals surface area contributed by atoms with E-state index in [1.165, 1.54) is 27.8 Å². The highest BCUT2D eigenvalue weighted by molar-refractivity contribution is 5.29. The first-order chi connectivity index (χ1) is 18.6. The fourth-order valence-electron chi connectivity index (χ4n) is 4.86. The van der Waals surface area contributed by atoms with Gasteiger partial charge in [0.2, 0.25) is 0 Å². The third-order valence-corrected chi connectivity index (χ3v) is 6.66. The van der Waals surface area contributed by atoms with Gasteiger partial charge in [0.05, 0.1) is 14.1 Å². The van der Waals surface area contributed by atoms with E-state index < -0.39 is 0 Å². The van der Waals surface area contributed by atoms with E-state index >= 15 is 0 Å². The van der Waals surface area contributed by atoms with Crippen molar-refractivity contribution in [2.45, 2.75) is 25.7 Å². The average molecular weight is 708 g/mol. The minimum absolute atomic E-state index is 0. The van der Waals surface area contributed by atoms with E-state index in [2.05, 4.69) is 171 Å². The summed E-state index contributed by atoms with van der Waals surface area (Å²) in [5.41, 5.74) is 6.84. The molecule has 5 rings (SSSR count). The first-order valence-electron chi connectivity index (χ1n) is 13.5. The summed E-state index contributed by atoms with van der Waals surface area (Å²) in [5.74, 6) is 0. The third kappa shape index (κ3) is 11.4. The number of hydrogen-bond donors (Lipinski definition) is 1. The van der Waals surface area contributed by atoms with E-state index in [1.807, 2.05) is 0 Å². The van der Waals surface area contributed by atoms with Gasteiger partial charge in [0.15, 0.2) is 0 Å². The smallest absolute Gasteiger partial charge is 0.138 e. The number of nitrogens with two attached hydrogens (primary N) is 1. The number of nitrogens with zero attached hydrogens (tertiary/aromatic N) is 1. The van der Waals surface area contributed by atoms with Crippen molar-refractivity contribution in [3.8, 4) is 0 Å². The van der Waals surface area contributed by atoms with Crippen molar-refractivity contribution in [3.05, 3.63) is 179 Å². The number of benzene rings is 5. The maximum atomic E-state index is 2.40. The molecule has 0 radical (unpaired) electrons. The zero-order valence-corrected chi connectivity index (χ0v) is 27.2. The largest absolute Gasteiger partial charge is 1.00 e. The van der Waals surface area contributed by atoms with E-state index in [1.54, 1.807) is 0 Å². The highest BCUT2D eigenvalue weighted by Gasteiger charge is 2.17. The Kier molecular flexibility index (Phi) is 14.9. The molecule has 0 spiro atoms. The van der Waals surface area contributed by atoms with E-state index in [9.17, 15) is 0 Å². The van der Waals surface area contributed by atoms with Crippen LogP contribution in [0.1, 0.15) is 33.9 Å². The van der Waals surface area contributed by atoms with Crippen LogP contribution in [0.2, 0.25) is 0 Å². The van der Waals surface area contributed by atoms with Crippen molar-refractivity contribution in [3.63, 3.8) is 0 Å². The zero-order valence-electron chi connectivity index (χ0n) is 23.4. The van der Waals surface area contributed by atoms with Gasteiger partial charge in [-0.15, -0.1) is 0 Å².